The number of benzene rings is 1. The summed E-state index contributed by atoms with van der Waals surface area (Å²) in [5, 5.41) is 13.3. The summed E-state index contributed by atoms with van der Waals surface area (Å²) in [6, 6.07) is 2.55. The van der Waals surface area contributed by atoms with Crippen LogP contribution in [0.15, 0.2) is 18.2 Å². The van der Waals surface area contributed by atoms with Gasteiger partial charge in [0.1, 0.15) is 11.9 Å². The minimum atomic E-state index is -1.13. The monoisotopic (exact) mass is 254 g/mol. The highest BCUT2D eigenvalue weighted by Crippen LogP contribution is 2.15. The Kier molecular flexibility index (Phi) is 4.65. The Morgan fingerprint density at radius 2 is 2.11 bits per heavy atom. The number of amides is 2. The van der Waals surface area contributed by atoms with Crippen LogP contribution in [-0.4, -0.2) is 23.1 Å². The quantitative estimate of drug-likeness (QED) is 0.770. The second-order valence-electron chi connectivity index (χ2n) is 3.88. The molecule has 0 saturated carbocycles. The summed E-state index contributed by atoms with van der Waals surface area (Å²) >= 11 is 0. The van der Waals surface area contributed by atoms with Gasteiger partial charge in [0.15, 0.2) is 0 Å². The van der Waals surface area contributed by atoms with Gasteiger partial charge in [-0.1, -0.05) is 13.0 Å². The van der Waals surface area contributed by atoms with Crippen LogP contribution in [0.4, 0.5) is 14.9 Å². The molecule has 0 aliphatic rings. The van der Waals surface area contributed by atoms with Gasteiger partial charge in [-0.3, -0.25) is 0 Å². The van der Waals surface area contributed by atoms with Gasteiger partial charge in [0.25, 0.3) is 0 Å². The van der Waals surface area contributed by atoms with Gasteiger partial charge in [0.2, 0.25) is 0 Å². The lowest BCUT2D eigenvalue weighted by molar-refractivity contribution is -0.139. The van der Waals surface area contributed by atoms with E-state index in [1.807, 2.05) is 0 Å². The molecule has 98 valence electrons. The van der Waals surface area contributed by atoms with E-state index in [9.17, 15) is 14.0 Å². The summed E-state index contributed by atoms with van der Waals surface area (Å²) in [5.74, 6) is -1.70. The van der Waals surface area contributed by atoms with E-state index in [-0.39, 0.29) is 12.1 Å². The largest absolute Gasteiger partial charge is 0.480 e. The molecule has 0 saturated heterocycles. The number of hydrogen-bond donors (Lipinski definition) is 3. The Bertz CT molecular complexity index is 463. The van der Waals surface area contributed by atoms with Gasteiger partial charge in [0.05, 0.1) is 5.69 Å². The second kappa shape index (κ2) is 6.00. The molecule has 0 heterocycles. The number of rotatable bonds is 4. The number of urea groups is 1. The molecular formula is C12H15FN2O3. The number of carbonyl (C=O) groups excluding carboxylic acids is 1. The third-order valence-corrected chi connectivity index (χ3v) is 2.38. The van der Waals surface area contributed by atoms with Gasteiger partial charge in [-0.05, 0) is 31.0 Å². The topological polar surface area (TPSA) is 78.4 Å². The summed E-state index contributed by atoms with van der Waals surface area (Å²) in [5.41, 5.74) is 0.810. The lowest BCUT2D eigenvalue weighted by Crippen LogP contribution is -2.42. The van der Waals surface area contributed by atoms with E-state index in [2.05, 4.69) is 10.6 Å². The molecular weight excluding hydrogens is 239 g/mol. The number of carboxylic acid groups (broad SMARTS) is 1. The van der Waals surface area contributed by atoms with Crippen LogP contribution in [-0.2, 0) is 4.79 Å². The fourth-order valence-corrected chi connectivity index (χ4v) is 1.39. The first kappa shape index (κ1) is 14.0. The molecule has 0 aliphatic heterocycles. The van der Waals surface area contributed by atoms with Crippen LogP contribution < -0.4 is 10.6 Å². The van der Waals surface area contributed by atoms with Crippen LogP contribution in [0.5, 0.6) is 0 Å². The second-order valence-corrected chi connectivity index (χ2v) is 3.88. The molecule has 18 heavy (non-hydrogen) atoms. The van der Waals surface area contributed by atoms with Crippen molar-refractivity contribution in [3.05, 3.63) is 29.6 Å². The Balaban J connectivity index is 2.70. The van der Waals surface area contributed by atoms with E-state index in [0.29, 0.717) is 0 Å². The Hall–Kier alpha value is -2.11. The first-order valence-electron chi connectivity index (χ1n) is 5.50. The van der Waals surface area contributed by atoms with Crippen molar-refractivity contribution < 1.29 is 19.1 Å². The molecule has 0 fully saturated rings. The molecule has 1 aromatic carbocycles. The average molecular weight is 254 g/mol. The van der Waals surface area contributed by atoms with Crippen LogP contribution in [0, 0.1) is 12.7 Å². The molecule has 0 bridgehead atoms. The normalized spacial score (nSPS) is 11.7. The van der Waals surface area contributed by atoms with E-state index in [1.165, 1.54) is 12.1 Å². The smallest absolute Gasteiger partial charge is 0.326 e. The predicted molar refractivity (Wildman–Crippen MR) is 65.0 cm³/mol. The van der Waals surface area contributed by atoms with E-state index in [4.69, 9.17) is 5.11 Å². The number of aliphatic carboxylic acids is 1. The summed E-state index contributed by atoms with van der Waals surface area (Å²) in [7, 11) is 0. The number of anilines is 1. The summed E-state index contributed by atoms with van der Waals surface area (Å²) in [6.07, 6.45) is 0.249. The number of hydrogen-bond acceptors (Lipinski definition) is 2. The lowest BCUT2D eigenvalue weighted by Gasteiger charge is -2.13. The molecule has 6 heteroatoms. The summed E-state index contributed by atoms with van der Waals surface area (Å²) in [6.45, 7) is 3.39. The van der Waals surface area contributed by atoms with Gasteiger partial charge < -0.3 is 15.7 Å². The molecule has 1 atom stereocenters. The number of aryl methyl sites for hydroxylation is 1. The molecule has 5 nitrogen and oxygen atoms in total. The first-order chi connectivity index (χ1) is 8.43. The highest BCUT2D eigenvalue weighted by Gasteiger charge is 2.18. The Morgan fingerprint density at radius 3 is 2.67 bits per heavy atom. The molecule has 0 aromatic heterocycles. The van der Waals surface area contributed by atoms with Crippen LogP contribution >= 0.6 is 0 Å². The van der Waals surface area contributed by atoms with Crippen molar-refractivity contribution in [3.63, 3.8) is 0 Å². The van der Waals surface area contributed by atoms with E-state index in [0.717, 1.165) is 5.56 Å². The van der Waals surface area contributed by atoms with Crippen LogP contribution in [0.2, 0.25) is 0 Å². The maximum Gasteiger partial charge on any atom is 0.326 e. The van der Waals surface area contributed by atoms with Crippen molar-refractivity contribution >= 4 is 17.7 Å². The van der Waals surface area contributed by atoms with Crippen molar-refractivity contribution in [2.75, 3.05) is 5.32 Å². The highest BCUT2D eigenvalue weighted by atomic mass is 19.1. The van der Waals surface area contributed by atoms with Crippen molar-refractivity contribution in [1.29, 1.82) is 0 Å². The van der Waals surface area contributed by atoms with E-state index in [1.54, 1.807) is 19.9 Å². The lowest BCUT2D eigenvalue weighted by atomic mass is 10.2. The number of halogens is 1. The van der Waals surface area contributed by atoms with Gasteiger partial charge >= 0.3 is 12.0 Å². The van der Waals surface area contributed by atoms with Crippen LogP contribution in [0.3, 0.4) is 0 Å². The number of nitrogens with one attached hydrogen (secondary N) is 2. The van der Waals surface area contributed by atoms with Crippen molar-refractivity contribution in [2.45, 2.75) is 26.3 Å². The van der Waals surface area contributed by atoms with E-state index >= 15 is 0 Å². The fraction of sp³-hybridized carbons (Fsp3) is 0.333. The van der Waals surface area contributed by atoms with Crippen molar-refractivity contribution in [3.8, 4) is 0 Å². The van der Waals surface area contributed by atoms with Crippen molar-refractivity contribution in [2.24, 2.45) is 0 Å². The molecule has 1 rings (SSSR count). The number of carboxylic acids is 1. The van der Waals surface area contributed by atoms with Crippen LogP contribution in [0.1, 0.15) is 18.9 Å². The Morgan fingerprint density at radius 1 is 1.44 bits per heavy atom. The average Bonchev–Trinajstić information content (AvgIpc) is 2.30. The molecule has 0 spiro atoms. The van der Waals surface area contributed by atoms with Crippen molar-refractivity contribution in [1.82, 2.24) is 5.32 Å². The zero-order valence-corrected chi connectivity index (χ0v) is 10.2. The molecule has 2 amide bonds. The third-order valence-electron chi connectivity index (χ3n) is 2.38. The highest BCUT2D eigenvalue weighted by molar-refractivity contribution is 5.92. The minimum absolute atomic E-state index is 0.0211. The predicted octanol–water partition coefficient (Wildman–Crippen LogP) is 2.12. The van der Waals surface area contributed by atoms with Gasteiger partial charge in [-0.25, -0.2) is 14.0 Å². The molecule has 3 N–H and O–H groups in total. The molecule has 1 unspecified atom stereocenters. The first-order valence-corrected chi connectivity index (χ1v) is 5.50. The van der Waals surface area contributed by atoms with Gasteiger partial charge in [0, 0.05) is 0 Å². The molecule has 0 aliphatic carbocycles. The zero-order chi connectivity index (χ0) is 13.7. The third kappa shape index (κ3) is 3.73. The zero-order valence-electron chi connectivity index (χ0n) is 10.2. The van der Waals surface area contributed by atoms with Gasteiger partial charge in [-0.2, -0.15) is 0 Å². The SMILES string of the molecule is CCC(NC(=O)Nc1cc(C)ccc1F)C(=O)O. The summed E-state index contributed by atoms with van der Waals surface area (Å²) < 4.78 is 13.3. The Labute approximate surface area is 104 Å². The van der Waals surface area contributed by atoms with Gasteiger partial charge in [-0.15, -0.1) is 0 Å². The standard InChI is InChI=1S/C12H15FN2O3/c1-3-9(11(16)17)14-12(18)15-10-6-7(2)4-5-8(10)13/h4-6,9H,3H2,1-2H3,(H,16,17)(H2,14,15,18). The molecule has 0 radical (unpaired) electrons. The molecule has 1 aromatic rings. The maximum absolute atomic E-state index is 13.3. The fourth-order valence-electron chi connectivity index (χ4n) is 1.39. The minimum Gasteiger partial charge on any atom is -0.480 e. The van der Waals surface area contributed by atoms with Crippen LogP contribution in [0.25, 0.3) is 0 Å². The van der Waals surface area contributed by atoms with E-state index < -0.39 is 23.9 Å². The summed E-state index contributed by atoms with van der Waals surface area (Å²) in [4.78, 5) is 22.2. The number of carbonyl (C=O) groups is 2. The maximum atomic E-state index is 13.3.